The highest BCUT2D eigenvalue weighted by molar-refractivity contribution is 5.85. The first kappa shape index (κ1) is 15.0. The molecule has 1 saturated carbocycles. The summed E-state index contributed by atoms with van der Waals surface area (Å²) in [5.41, 5.74) is 0. The van der Waals surface area contributed by atoms with Gasteiger partial charge < -0.3 is 14.7 Å². The molecule has 0 saturated heterocycles. The van der Waals surface area contributed by atoms with Gasteiger partial charge in [0.05, 0.1) is 18.4 Å². The zero-order valence-corrected chi connectivity index (χ0v) is 11.4. The van der Waals surface area contributed by atoms with Crippen LogP contribution in [0.4, 0.5) is 0 Å². The third kappa shape index (κ3) is 3.45. The maximum absolute atomic E-state index is 12.4. The number of aliphatic carboxylic acids is 1. The summed E-state index contributed by atoms with van der Waals surface area (Å²) in [5, 5.41) is 9.13. The van der Waals surface area contributed by atoms with Crippen LogP contribution in [0.15, 0.2) is 0 Å². The van der Waals surface area contributed by atoms with Gasteiger partial charge in [-0.15, -0.1) is 0 Å². The van der Waals surface area contributed by atoms with Crippen LogP contribution in [0.2, 0.25) is 0 Å². The lowest BCUT2D eigenvalue weighted by Gasteiger charge is -2.30. The maximum atomic E-state index is 12.4. The Hall–Kier alpha value is -1.10. The highest BCUT2D eigenvalue weighted by Gasteiger charge is 2.40. The number of ether oxygens (including phenoxy) is 1. The predicted molar refractivity (Wildman–Crippen MR) is 67.2 cm³/mol. The maximum Gasteiger partial charge on any atom is 0.307 e. The number of rotatable bonds is 6. The first-order valence-electron chi connectivity index (χ1n) is 6.51. The molecule has 0 unspecified atom stereocenters. The highest BCUT2D eigenvalue weighted by Crippen LogP contribution is 2.33. The number of carbonyl (C=O) groups excluding carboxylic acids is 1. The number of carboxylic acid groups (broad SMARTS) is 1. The number of methoxy groups -OCH3 is 1. The number of carboxylic acids is 1. The van der Waals surface area contributed by atoms with Crippen LogP contribution >= 0.6 is 0 Å². The van der Waals surface area contributed by atoms with Crippen LogP contribution in [0.5, 0.6) is 0 Å². The van der Waals surface area contributed by atoms with E-state index in [0.717, 1.165) is 6.42 Å². The van der Waals surface area contributed by atoms with Crippen LogP contribution in [0.1, 0.15) is 33.1 Å². The minimum atomic E-state index is -0.846. The Morgan fingerprint density at radius 3 is 2.44 bits per heavy atom. The predicted octanol–water partition coefficient (Wildman–Crippen LogP) is 1.37. The van der Waals surface area contributed by atoms with E-state index in [2.05, 4.69) is 0 Å². The fourth-order valence-electron chi connectivity index (χ4n) is 2.58. The molecule has 5 heteroatoms. The molecule has 0 aromatic heterocycles. The Bertz CT molecular complexity index is 303. The third-order valence-corrected chi connectivity index (χ3v) is 3.59. The van der Waals surface area contributed by atoms with Crippen molar-refractivity contribution in [2.75, 3.05) is 20.3 Å². The Kier molecular flexibility index (Phi) is 5.59. The van der Waals surface area contributed by atoms with Gasteiger partial charge in [-0.05, 0) is 26.7 Å². The summed E-state index contributed by atoms with van der Waals surface area (Å²) in [6, 6.07) is 0.0719. The van der Waals surface area contributed by atoms with Crippen LogP contribution in [0.3, 0.4) is 0 Å². The molecule has 1 N–H and O–H groups in total. The third-order valence-electron chi connectivity index (χ3n) is 3.59. The van der Waals surface area contributed by atoms with Crippen molar-refractivity contribution < 1.29 is 19.4 Å². The SMILES string of the molecule is COCCN(C(=O)[C@@H]1CCC[C@@H]1C(=O)O)C(C)C. The summed E-state index contributed by atoms with van der Waals surface area (Å²) in [6.07, 6.45) is 2.12. The zero-order chi connectivity index (χ0) is 13.7. The number of nitrogens with zero attached hydrogens (tertiary/aromatic N) is 1. The van der Waals surface area contributed by atoms with Gasteiger partial charge >= 0.3 is 5.97 Å². The molecule has 1 amide bonds. The van der Waals surface area contributed by atoms with Crippen LogP contribution in [-0.2, 0) is 14.3 Å². The molecule has 1 fully saturated rings. The molecule has 0 aromatic rings. The van der Waals surface area contributed by atoms with Crippen molar-refractivity contribution in [1.82, 2.24) is 4.90 Å². The van der Waals surface area contributed by atoms with E-state index in [4.69, 9.17) is 9.84 Å². The molecule has 0 bridgehead atoms. The fraction of sp³-hybridized carbons (Fsp3) is 0.846. The Morgan fingerprint density at radius 1 is 1.33 bits per heavy atom. The summed E-state index contributed by atoms with van der Waals surface area (Å²) < 4.78 is 5.00. The van der Waals surface area contributed by atoms with Crippen molar-refractivity contribution in [3.05, 3.63) is 0 Å². The lowest BCUT2D eigenvalue weighted by molar-refractivity contribution is -0.150. The topological polar surface area (TPSA) is 66.8 Å². The summed E-state index contributed by atoms with van der Waals surface area (Å²) in [4.78, 5) is 25.3. The van der Waals surface area contributed by atoms with E-state index in [-0.39, 0.29) is 17.9 Å². The molecular weight excluding hydrogens is 234 g/mol. The first-order valence-corrected chi connectivity index (χ1v) is 6.51. The second-order valence-electron chi connectivity index (χ2n) is 5.10. The smallest absolute Gasteiger partial charge is 0.307 e. The van der Waals surface area contributed by atoms with Crippen molar-refractivity contribution in [3.63, 3.8) is 0 Å². The van der Waals surface area contributed by atoms with Gasteiger partial charge in [-0.1, -0.05) is 6.42 Å². The Labute approximate surface area is 108 Å². The molecule has 2 atom stereocenters. The molecule has 0 heterocycles. The Balaban J connectivity index is 2.72. The summed E-state index contributed by atoms with van der Waals surface area (Å²) in [6.45, 7) is 4.89. The molecule has 5 nitrogen and oxygen atoms in total. The summed E-state index contributed by atoms with van der Waals surface area (Å²) in [5.74, 6) is -1.75. The molecule has 104 valence electrons. The van der Waals surface area contributed by atoms with Gasteiger partial charge in [0.1, 0.15) is 0 Å². The minimum Gasteiger partial charge on any atom is -0.481 e. The van der Waals surface area contributed by atoms with E-state index >= 15 is 0 Å². The lowest BCUT2D eigenvalue weighted by Crippen LogP contribution is -2.44. The average molecular weight is 257 g/mol. The van der Waals surface area contributed by atoms with Crippen molar-refractivity contribution in [1.29, 1.82) is 0 Å². The van der Waals surface area contributed by atoms with E-state index in [1.54, 1.807) is 12.0 Å². The standard InChI is InChI=1S/C13H23NO4/c1-9(2)14(7-8-18-3)12(15)10-5-4-6-11(10)13(16)17/h9-11H,4-8H2,1-3H3,(H,16,17)/t10-,11+/m1/s1. The second-order valence-corrected chi connectivity index (χ2v) is 5.10. The monoisotopic (exact) mass is 257 g/mol. The number of hydrogen-bond donors (Lipinski definition) is 1. The normalized spacial score (nSPS) is 23.3. The van der Waals surface area contributed by atoms with E-state index in [9.17, 15) is 9.59 Å². The average Bonchev–Trinajstić information content (AvgIpc) is 2.77. The van der Waals surface area contributed by atoms with Crippen LogP contribution in [0.25, 0.3) is 0 Å². The van der Waals surface area contributed by atoms with E-state index in [1.807, 2.05) is 13.8 Å². The first-order chi connectivity index (χ1) is 8.49. The zero-order valence-electron chi connectivity index (χ0n) is 11.4. The van der Waals surface area contributed by atoms with Crippen molar-refractivity contribution >= 4 is 11.9 Å². The van der Waals surface area contributed by atoms with Crippen LogP contribution in [0, 0.1) is 11.8 Å². The van der Waals surface area contributed by atoms with Crippen LogP contribution < -0.4 is 0 Å². The summed E-state index contributed by atoms with van der Waals surface area (Å²) in [7, 11) is 1.60. The minimum absolute atomic E-state index is 0.0352. The van der Waals surface area contributed by atoms with Crippen LogP contribution in [-0.4, -0.2) is 48.2 Å². The van der Waals surface area contributed by atoms with E-state index in [1.165, 1.54) is 0 Å². The number of amides is 1. The van der Waals surface area contributed by atoms with Gasteiger partial charge in [0.15, 0.2) is 0 Å². The van der Waals surface area contributed by atoms with Crippen molar-refractivity contribution in [2.24, 2.45) is 11.8 Å². The lowest BCUT2D eigenvalue weighted by atomic mass is 9.94. The largest absolute Gasteiger partial charge is 0.481 e. The molecule has 1 rings (SSSR count). The van der Waals surface area contributed by atoms with E-state index in [0.29, 0.717) is 26.0 Å². The molecule has 0 spiro atoms. The van der Waals surface area contributed by atoms with E-state index < -0.39 is 11.9 Å². The van der Waals surface area contributed by atoms with Crippen molar-refractivity contribution in [2.45, 2.75) is 39.2 Å². The number of hydrogen-bond acceptors (Lipinski definition) is 3. The molecular formula is C13H23NO4. The number of carbonyl (C=O) groups is 2. The molecule has 0 aromatic carbocycles. The van der Waals surface area contributed by atoms with Gasteiger partial charge in [0.2, 0.25) is 5.91 Å². The van der Waals surface area contributed by atoms with Gasteiger partial charge in [-0.25, -0.2) is 0 Å². The molecule has 1 aliphatic carbocycles. The quantitative estimate of drug-likeness (QED) is 0.780. The fourth-order valence-corrected chi connectivity index (χ4v) is 2.58. The van der Waals surface area contributed by atoms with Gasteiger partial charge in [-0.3, -0.25) is 9.59 Å². The Morgan fingerprint density at radius 2 is 1.94 bits per heavy atom. The molecule has 1 aliphatic rings. The molecule has 0 radical (unpaired) electrons. The second kappa shape index (κ2) is 6.73. The molecule has 0 aliphatic heterocycles. The van der Waals surface area contributed by atoms with Gasteiger partial charge in [0, 0.05) is 19.7 Å². The van der Waals surface area contributed by atoms with Crippen molar-refractivity contribution in [3.8, 4) is 0 Å². The van der Waals surface area contributed by atoms with Gasteiger partial charge in [-0.2, -0.15) is 0 Å². The highest BCUT2D eigenvalue weighted by atomic mass is 16.5. The molecule has 18 heavy (non-hydrogen) atoms. The summed E-state index contributed by atoms with van der Waals surface area (Å²) >= 11 is 0. The van der Waals surface area contributed by atoms with Gasteiger partial charge in [0.25, 0.3) is 0 Å².